The summed E-state index contributed by atoms with van der Waals surface area (Å²) in [4.78, 5) is 24.5. The standard InChI is InChI=1S/C22H25N5O/c28-22(24-14-16-9-10-16)20-18-7-2-4-13-27(18)21(25-20)19-8-5-12-26(19)15-17-6-1-3-11-23-17/h1-4,6-7,11,13,16,19H,5,8-10,12,14-15H2,(H,24,28)/t19-/m1/s1. The predicted octanol–water partition coefficient (Wildman–Crippen LogP) is 3.21. The predicted molar refractivity (Wildman–Crippen MR) is 107 cm³/mol. The third-order valence-corrected chi connectivity index (χ3v) is 5.79. The Balaban J connectivity index is 1.45. The molecule has 1 saturated heterocycles. The average molecular weight is 375 g/mol. The van der Waals surface area contributed by atoms with Gasteiger partial charge in [-0.2, -0.15) is 0 Å². The van der Waals surface area contributed by atoms with Crippen molar-refractivity contribution in [3.8, 4) is 0 Å². The van der Waals surface area contributed by atoms with E-state index in [-0.39, 0.29) is 11.9 Å². The molecule has 4 heterocycles. The molecule has 144 valence electrons. The third-order valence-electron chi connectivity index (χ3n) is 5.79. The quantitative estimate of drug-likeness (QED) is 0.719. The van der Waals surface area contributed by atoms with E-state index in [9.17, 15) is 4.79 Å². The molecule has 1 N–H and O–H groups in total. The summed E-state index contributed by atoms with van der Waals surface area (Å²) in [7, 11) is 0. The van der Waals surface area contributed by atoms with Gasteiger partial charge in [-0.3, -0.25) is 14.7 Å². The highest BCUT2D eigenvalue weighted by Gasteiger charge is 2.31. The van der Waals surface area contributed by atoms with Crippen molar-refractivity contribution in [2.45, 2.75) is 38.3 Å². The maximum atomic E-state index is 12.8. The molecule has 1 aliphatic carbocycles. The first kappa shape index (κ1) is 17.4. The molecule has 1 amide bonds. The molecule has 0 unspecified atom stereocenters. The zero-order valence-corrected chi connectivity index (χ0v) is 15.9. The number of carbonyl (C=O) groups excluding carboxylic acids is 1. The van der Waals surface area contributed by atoms with Gasteiger partial charge in [0.05, 0.1) is 17.3 Å². The lowest BCUT2D eigenvalue weighted by Gasteiger charge is -2.23. The first-order chi connectivity index (χ1) is 13.8. The number of imidazole rings is 1. The number of rotatable bonds is 6. The summed E-state index contributed by atoms with van der Waals surface area (Å²) >= 11 is 0. The SMILES string of the molecule is O=C(NCC1CC1)c1nc([C@H]2CCCN2Cc2ccccn2)n2ccccc12. The van der Waals surface area contributed by atoms with Crippen LogP contribution in [0.3, 0.4) is 0 Å². The number of hydrogen-bond donors (Lipinski definition) is 1. The number of nitrogens with one attached hydrogen (secondary N) is 1. The van der Waals surface area contributed by atoms with Crippen molar-refractivity contribution < 1.29 is 4.79 Å². The van der Waals surface area contributed by atoms with Gasteiger partial charge in [-0.05, 0) is 62.4 Å². The summed E-state index contributed by atoms with van der Waals surface area (Å²) in [5.41, 5.74) is 2.49. The fraction of sp³-hybridized carbons (Fsp3) is 0.409. The molecule has 3 aromatic heterocycles. The molecule has 6 heteroatoms. The van der Waals surface area contributed by atoms with E-state index in [0.717, 1.165) is 49.5 Å². The summed E-state index contributed by atoms with van der Waals surface area (Å²) in [6, 6.07) is 12.2. The molecular formula is C22H25N5O. The highest BCUT2D eigenvalue weighted by molar-refractivity contribution is 5.99. The van der Waals surface area contributed by atoms with Gasteiger partial charge in [0, 0.05) is 25.5 Å². The second-order valence-electron chi connectivity index (χ2n) is 7.88. The van der Waals surface area contributed by atoms with Crippen LogP contribution in [0.2, 0.25) is 0 Å². The number of aromatic nitrogens is 3. The van der Waals surface area contributed by atoms with Crippen LogP contribution >= 0.6 is 0 Å². The van der Waals surface area contributed by atoms with Crippen LogP contribution in [-0.4, -0.2) is 38.3 Å². The number of nitrogens with zero attached hydrogens (tertiary/aromatic N) is 4. The Morgan fingerprint density at radius 2 is 2.04 bits per heavy atom. The van der Waals surface area contributed by atoms with Crippen molar-refractivity contribution in [2.75, 3.05) is 13.1 Å². The summed E-state index contributed by atoms with van der Waals surface area (Å²) in [6.07, 6.45) is 8.48. The molecule has 0 spiro atoms. The second kappa shape index (κ2) is 7.36. The Bertz CT molecular complexity index is 979. The van der Waals surface area contributed by atoms with Crippen molar-refractivity contribution in [3.05, 3.63) is 66.0 Å². The van der Waals surface area contributed by atoms with Crippen LogP contribution in [0.25, 0.3) is 5.52 Å². The molecule has 1 atom stereocenters. The molecule has 0 aromatic carbocycles. The molecule has 6 nitrogen and oxygen atoms in total. The first-order valence-electron chi connectivity index (χ1n) is 10.2. The molecule has 2 aliphatic rings. The van der Waals surface area contributed by atoms with Crippen LogP contribution in [0, 0.1) is 5.92 Å². The molecule has 1 aliphatic heterocycles. The summed E-state index contributed by atoms with van der Waals surface area (Å²) in [5.74, 6) is 1.55. The maximum absolute atomic E-state index is 12.8. The average Bonchev–Trinajstić information content (AvgIpc) is 3.33. The van der Waals surface area contributed by atoms with Gasteiger partial charge < -0.3 is 9.72 Å². The van der Waals surface area contributed by atoms with E-state index in [1.54, 1.807) is 0 Å². The van der Waals surface area contributed by atoms with E-state index >= 15 is 0 Å². The number of hydrogen-bond acceptors (Lipinski definition) is 4. The number of pyridine rings is 2. The van der Waals surface area contributed by atoms with Gasteiger partial charge in [0.15, 0.2) is 5.69 Å². The van der Waals surface area contributed by atoms with Gasteiger partial charge in [0.25, 0.3) is 5.91 Å². The van der Waals surface area contributed by atoms with Crippen LogP contribution < -0.4 is 5.32 Å². The lowest BCUT2D eigenvalue weighted by atomic mass is 10.2. The van der Waals surface area contributed by atoms with E-state index in [1.807, 2.05) is 42.7 Å². The van der Waals surface area contributed by atoms with Gasteiger partial charge >= 0.3 is 0 Å². The molecule has 2 fully saturated rings. The van der Waals surface area contributed by atoms with Crippen LogP contribution in [0.1, 0.15) is 53.7 Å². The van der Waals surface area contributed by atoms with Gasteiger partial charge in [-0.15, -0.1) is 0 Å². The Hall–Kier alpha value is -2.73. The zero-order valence-electron chi connectivity index (χ0n) is 15.9. The molecular weight excluding hydrogens is 350 g/mol. The minimum atomic E-state index is -0.0591. The van der Waals surface area contributed by atoms with Crippen LogP contribution in [0.5, 0.6) is 0 Å². The first-order valence-corrected chi connectivity index (χ1v) is 10.2. The van der Waals surface area contributed by atoms with E-state index < -0.39 is 0 Å². The molecule has 5 rings (SSSR count). The largest absolute Gasteiger partial charge is 0.350 e. The Morgan fingerprint density at radius 1 is 1.14 bits per heavy atom. The van der Waals surface area contributed by atoms with Crippen molar-refractivity contribution in [2.24, 2.45) is 5.92 Å². The molecule has 28 heavy (non-hydrogen) atoms. The van der Waals surface area contributed by atoms with E-state index in [2.05, 4.69) is 25.7 Å². The smallest absolute Gasteiger partial charge is 0.272 e. The molecule has 0 radical (unpaired) electrons. The highest BCUT2D eigenvalue weighted by atomic mass is 16.1. The van der Waals surface area contributed by atoms with Crippen molar-refractivity contribution in [1.82, 2.24) is 24.6 Å². The lowest BCUT2D eigenvalue weighted by Crippen LogP contribution is -2.26. The molecule has 0 bridgehead atoms. The van der Waals surface area contributed by atoms with Gasteiger partial charge in [0.2, 0.25) is 0 Å². The van der Waals surface area contributed by atoms with Crippen molar-refractivity contribution >= 4 is 11.4 Å². The topological polar surface area (TPSA) is 62.5 Å². The number of fused-ring (bicyclic) bond motifs is 1. The normalized spacial score (nSPS) is 19.9. The second-order valence-corrected chi connectivity index (χ2v) is 7.88. The van der Waals surface area contributed by atoms with Gasteiger partial charge in [-0.25, -0.2) is 4.98 Å². The monoisotopic (exact) mass is 375 g/mol. The highest BCUT2D eigenvalue weighted by Crippen LogP contribution is 2.33. The summed E-state index contributed by atoms with van der Waals surface area (Å²) < 4.78 is 2.09. The number of amides is 1. The fourth-order valence-electron chi connectivity index (χ4n) is 4.11. The van der Waals surface area contributed by atoms with Crippen molar-refractivity contribution in [3.63, 3.8) is 0 Å². The summed E-state index contributed by atoms with van der Waals surface area (Å²) in [6.45, 7) is 2.58. The minimum absolute atomic E-state index is 0.0591. The zero-order chi connectivity index (χ0) is 18.9. The lowest BCUT2D eigenvalue weighted by molar-refractivity contribution is 0.0948. The number of carbonyl (C=O) groups is 1. The molecule has 1 saturated carbocycles. The van der Waals surface area contributed by atoms with E-state index in [4.69, 9.17) is 4.98 Å². The van der Waals surface area contributed by atoms with E-state index in [0.29, 0.717) is 11.6 Å². The Morgan fingerprint density at radius 3 is 2.86 bits per heavy atom. The van der Waals surface area contributed by atoms with Gasteiger partial charge in [0.1, 0.15) is 5.82 Å². The Labute approximate surface area is 164 Å². The fourth-order valence-corrected chi connectivity index (χ4v) is 4.11. The Kier molecular flexibility index (Phi) is 4.56. The van der Waals surface area contributed by atoms with Crippen LogP contribution in [0.15, 0.2) is 48.8 Å². The molecule has 3 aromatic rings. The van der Waals surface area contributed by atoms with E-state index in [1.165, 1.54) is 12.8 Å². The maximum Gasteiger partial charge on any atom is 0.272 e. The van der Waals surface area contributed by atoms with Crippen molar-refractivity contribution in [1.29, 1.82) is 0 Å². The third kappa shape index (κ3) is 3.40. The summed E-state index contributed by atoms with van der Waals surface area (Å²) in [5, 5.41) is 3.07. The van der Waals surface area contributed by atoms with Gasteiger partial charge in [-0.1, -0.05) is 12.1 Å². The number of likely N-dealkylation sites (tertiary alicyclic amines) is 1. The van der Waals surface area contributed by atoms with Crippen LogP contribution in [0.4, 0.5) is 0 Å². The van der Waals surface area contributed by atoms with Crippen LogP contribution in [-0.2, 0) is 6.54 Å². The minimum Gasteiger partial charge on any atom is -0.350 e.